The van der Waals surface area contributed by atoms with Crippen molar-refractivity contribution in [2.24, 2.45) is 5.73 Å². The van der Waals surface area contributed by atoms with Crippen LogP contribution in [0.3, 0.4) is 0 Å². The zero-order valence-electron chi connectivity index (χ0n) is 15.4. The van der Waals surface area contributed by atoms with Crippen molar-refractivity contribution in [3.05, 3.63) is 40.1 Å². The van der Waals surface area contributed by atoms with Crippen LogP contribution in [-0.2, 0) is 6.42 Å². The number of aryl methyl sites for hydroxylation is 1. The van der Waals surface area contributed by atoms with Crippen molar-refractivity contribution in [3.8, 4) is 0 Å². The van der Waals surface area contributed by atoms with Gasteiger partial charge in [0, 0.05) is 42.6 Å². The zero-order valence-corrected chi connectivity index (χ0v) is 15.4. The van der Waals surface area contributed by atoms with E-state index < -0.39 is 4.92 Å². The highest BCUT2D eigenvalue weighted by molar-refractivity contribution is 5.68. The molecule has 1 aromatic carbocycles. The van der Waals surface area contributed by atoms with Crippen LogP contribution in [0.2, 0.25) is 0 Å². The van der Waals surface area contributed by atoms with E-state index in [0.29, 0.717) is 11.6 Å². The Labute approximate surface area is 157 Å². The lowest BCUT2D eigenvalue weighted by atomic mass is 10.1. The van der Waals surface area contributed by atoms with Crippen LogP contribution in [0, 0.1) is 10.1 Å². The molecule has 3 rings (SSSR count). The number of aromatic nitrogens is 2. The number of nitro groups is 1. The molecule has 2 heterocycles. The molecule has 27 heavy (non-hydrogen) atoms. The number of piperidine rings is 1. The summed E-state index contributed by atoms with van der Waals surface area (Å²) >= 11 is 0. The van der Waals surface area contributed by atoms with Gasteiger partial charge in [0.1, 0.15) is 11.5 Å². The standard InChI is InChI=1S/C18H25N7O2/c1-2-4-13-10-17(24-8-3-5-12(19)11-24)23-18(21-13)22-14-6-7-15(20)16(9-14)25(26)27/h6-7,9-10,12H,2-5,8,11,19-20H2,1H3,(H,21,22,23). The highest BCUT2D eigenvalue weighted by atomic mass is 16.6. The molecule has 1 atom stereocenters. The van der Waals surface area contributed by atoms with Gasteiger partial charge in [-0.15, -0.1) is 0 Å². The Bertz CT molecular complexity index is 827. The van der Waals surface area contributed by atoms with Crippen LogP contribution in [-0.4, -0.2) is 34.0 Å². The van der Waals surface area contributed by atoms with Gasteiger partial charge in [0.05, 0.1) is 4.92 Å². The maximum Gasteiger partial charge on any atom is 0.294 e. The zero-order chi connectivity index (χ0) is 19.4. The Balaban J connectivity index is 1.90. The van der Waals surface area contributed by atoms with Crippen molar-refractivity contribution in [3.63, 3.8) is 0 Å². The SMILES string of the molecule is CCCc1cc(N2CCCC(N)C2)nc(Nc2ccc(N)c([N+](=O)[O-])c2)n1. The number of nitro benzene ring substituents is 1. The minimum absolute atomic E-state index is 0.120. The number of hydrogen-bond donors (Lipinski definition) is 3. The molecule has 0 radical (unpaired) electrons. The van der Waals surface area contributed by atoms with Crippen molar-refractivity contribution in [1.82, 2.24) is 9.97 Å². The van der Waals surface area contributed by atoms with E-state index in [1.807, 2.05) is 6.07 Å². The summed E-state index contributed by atoms with van der Waals surface area (Å²) in [6.45, 7) is 3.76. The summed E-state index contributed by atoms with van der Waals surface area (Å²) in [4.78, 5) is 21.9. The topological polar surface area (TPSA) is 136 Å². The Morgan fingerprint density at radius 3 is 2.89 bits per heavy atom. The molecule has 1 fully saturated rings. The number of benzene rings is 1. The first-order chi connectivity index (χ1) is 13.0. The third-order valence-electron chi connectivity index (χ3n) is 4.54. The second-order valence-electron chi connectivity index (χ2n) is 6.80. The van der Waals surface area contributed by atoms with E-state index in [-0.39, 0.29) is 17.4 Å². The maximum absolute atomic E-state index is 11.1. The molecular formula is C18H25N7O2. The van der Waals surface area contributed by atoms with Crippen LogP contribution in [0.4, 0.5) is 28.8 Å². The molecule has 9 heteroatoms. The normalized spacial score (nSPS) is 17.0. The highest BCUT2D eigenvalue weighted by Crippen LogP contribution is 2.27. The molecular weight excluding hydrogens is 346 g/mol. The number of hydrogen-bond acceptors (Lipinski definition) is 8. The van der Waals surface area contributed by atoms with Crippen LogP contribution >= 0.6 is 0 Å². The third kappa shape index (κ3) is 4.62. The second-order valence-corrected chi connectivity index (χ2v) is 6.80. The van der Waals surface area contributed by atoms with Gasteiger partial charge in [0.25, 0.3) is 5.69 Å². The number of rotatable bonds is 6. The van der Waals surface area contributed by atoms with Crippen molar-refractivity contribution in [2.45, 2.75) is 38.6 Å². The second kappa shape index (κ2) is 8.17. The first-order valence-corrected chi connectivity index (χ1v) is 9.15. The smallest absolute Gasteiger partial charge is 0.294 e. The van der Waals surface area contributed by atoms with Crippen molar-refractivity contribution < 1.29 is 4.92 Å². The molecule has 0 saturated carbocycles. The minimum Gasteiger partial charge on any atom is -0.393 e. The molecule has 5 N–H and O–H groups in total. The Hall–Kier alpha value is -2.94. The largest absolute Gasteiger partial charge is 0.393 e. The molecule has 1 aromatic heterocycles. The number of nitrogens with two attached hydrogens (primary N) is 2. The fourth-order valence-corrected chi connectivity index (χ4v) is 3.21. The van der Waals surface area contributed by atoms with Crippen molar-refractivity contribution >= 4 is 28.8 Å². The number of nitrogens with zero attached hydrogens (tertiary/aromatic N) is 4. The summed E-state index contributed by atoms with van der Waals surface area (Å²) < 4.78 is 0. The summed E-state index contributed by atoms with van der Waals surface area (Å²) in [5, 5.41) is 14.2. The van der Waals surface area contributed by atoms with Crippen LogP contribution in [0.1, 0.15) is 31.9 Å². The average Bonchev–Trinajstić information content (AvgIpc) is 2.63. The van der Waals surface area contributed by atoms with E-state index >= 15 is 0 Å². The van der Waals surface area contributed by atoms with Crippen LogP contribution in [0.25, 0.3) is 0 Å². The van der Waals surface area contributed by atoms with Gasteiger partial charge in [-0.25, -0.2) is 4.98 Å². The minimum atomic E-state index is -0.505. The quantitative estimate of drug-likeness (QED) is 0.400. The van der Waals surface area contributed by atoms with E-state index in [2.05, 4.69) is 27.1 Å². The molecule has 1 unspecified atom stereocenters. The summed E-state index contributed by atoms with van der Waals surface area (Å²) in [6.07, 6.45) is 3.83. The van der Waals surface area contributed by atoms with E-state index in [0.717, 1.165) is 50.3 Å². The lowest BCUT2D eigenvalue weighted by Gasteiger charge is -2.32. The van der Waals surface area contributed by atoms with E-state index in [9.17, 15) is 10.1 Å². The van der Waals surface area contributed by atoms with Crippen molar-refractivity contribution in [2.75, 3.05) is 29.0 Å². The summed E-state index contributed by atoms with van der Waals surface area (Å²) in [6, 6.07) is 6.70. The molecule has 0 spiro atoms. The fourth-order valence-electron chi connectivity index (χ4n) is 3.21. The first-order valence-electron chi connectivity index (χ1n) is 9.15. The Kier molecular flexibility index (Phi) is 5.70. The summed E-state index contributed by atoms with van der Waals surface area (Å²) in [5.41, 5.74) is 13.2. The molecule has 1 saturated heterocycles. The molecule has 0 bridgehead atoms. The predicted octanol–water partition coefficient (Wildman–Crippen LogP) is 2.59. The number of nitrogens with one attached hydrogen (secondary N) is 1. The molecule has 2 aromatic rings. The van der Waals surface area contributed by atoms with Gasteiger partial charge < -0.3 is 21.7 Å². The molecule has 0 amide bonds. The predicted molar refractivity (Wildman–Crippen MR) is 106 cm³/mol. The Morgan fingerprint density at radius 2 is 2.19 bits per heavy atom. The van der Waals surface area contributed by atoms with Crippen molar-refractivity contribution in [1.29, 1.82) is 0 Å². The molecule has 0 aliphatic carbocycles. The molecule has 1 aliphatic rings. The lowest BCUT2D eigenvalue weighted by molar-refractivity contribution is -0.383. The van der Waals surface area contributed by atoms with Crippen LogP contribution in [0.5, 0.6) is 0 Å². The Morgan fingerprint density at radius 1 is 1.37 bits per heavy atom. The summed E-state index contributed by atoms with van der Waals surface area (Å²) in [5.74, 6) is 1.24. The highest BCUT2D eigenvalue weighted by Gasteiger charge is 2.20. The number of nitrogen functional groups attached to an aromatic ring is 1. The van der Waals surface area contributed by atoms with Gasteiger partial charge in [0.15, 0.2) is 0 Å². The summed E-state index contributed by atoms with van der Waals surface area (Å²) in [7, 11) is 0. The lowest BCUT2D eigenvalue weighted by Crippen LogP contribution is -2.43. The van der Waals surface area contributed by atoms with Crippen LogP contribution < -0.4 is 21.7 Å². The van der Waals surface area contributed by atoms with Gasteiger partial charge in [-0.1, -0.05) is 13.3 Å². The van der Waals surface area contributed by atoms with Gasteiger partial charge in [0.2, 0.25) is 5.95 Å². The van der Waals surface area contributed by atoms with E-state index in [1.54, 1.807) is 6.07 Å². The van der Waals surface area contributed by atoms with Gasteiger partial charge in [-0.3, -0.25) is 10.1 Å². The maximum atomic E-state index is 11.1. The monoisotopic (exact) mass is 371 g/mol. The molecule has 9 nitrogen and oxygen atoms in total. The molecule has 144 valence electrons. The molecule has 1 aliphatic heterocycles. The van der Waals surface area contributed by atoms with E-state index in [4.69, 9.17) is 11.5 Å². The van der Waals surface area contributed by atoms with Crippen LogP contribution in [0.15, 0.2) is 24.3 Å². The third-order valence-corrected chi connectivity index (χ3v) is 4.54. The van der Waals surface area contributed by atoms with Gasteiger partial charge in [-0.2, -0.15) is 4.98 Å². The average molecular weight is 371 g/mol. The van der Waals surface area contributed by atoms with Gasteiger partial charge in [-0.05, 0) is 31.4 Å². The number of anilines is 4. The van der Waals surface area contributed by atoms with Gasteiger partial charge >= 0.3 is 0 Å². The first kappa shape index (κ1) is 18.8. The fraction of sp³-hybridized carbons (Fsp3) is 0.444. The van der Waals surface area contributed by atoms with E-state index in [1.165, 1.54) is 12.1 Å².